The van der Waals surface area contributed by atoms with E-state index >= 15 is 0 Å². The topological polar surface area (TPSA) is 87.7 Å². The normalized spacial score (nSPS) is 16.0. The second-order valence-electron chi connectivity index (χ2n) is 7.57. The lowest BCUT2D eigenvalue weighted by atomic mass is 9.94. The van der Waals surface area contributed by atoms with Crippen molar-refractivity contribution in [2.75, 3.05) is 19.5 Å². The maximum atomic E-state index is 12.8. The number of nitrogens with one attached hydrogen (secondary N) is 2. The summed E-state index contributed by atoms with van der Waals surface area (Å²) < 4.78 is 4.94. The summed E-state index contributed by atoms with van der Waals surface area (Å²) in [6.07, 6.45) is 0. The lowest BCUT2D eigenvalue weighted by Gasteiger charge is -2.33. The number of carbonyl (C=O) groups is 3. The summed E-state index contributed by atoms with van der Waals surface area (Å²) in [4.78, 5) is 39.0. The molecule has 1 aliphatic heterocycles. The van der Waals surface area contributed by atoms with Gasteiger partial charge in [0.15, 0.2) is 0 Å². The van der Waals surface area contributed by atoms with Gasteiger partial charge in [-0.05, 0) is 47.5 Å². The number of anilines is 1. The van der Waals surface area contributed by atoms with Gasteiger partial charge in [0, 0.05) is 24.0 Å². The third-order valence-electron chi connectivity index (χ3n) is 5.65. The van der Waals surface area contributed by atoms with Crippen LogP contribution >= 0.6 is 0 Å². The molecule has 0 radical (unpaired) electrons. The molecule has 1 atom stereocenters. The summed E-state index contributed by atoms with van der Waals surface area (Å²) in [5.74, 6) is -0.773. The van der Waals surface area contributed by atoms with Crippen molar-refractivity contribution in [3.05, 3.63) is 89.1 Å². The van der Waals surface area contributed by atoms with Crippen molar-refractivity contribution in [3.63, 3.8) is 0 Å². The summed E-state index contributed by atoms with van der Waals surface area (Å²) in [7, 11) is 2.89. The van der Waals surface area contributed by atoms with Crippen molar-refractivity contribution in [2.24, 2.45) is 0 Å². The number of methoxy groups -OCH3 is 1. The van der Waals surface area contributed by atoms with Gasteiger partial charge >= 0.3 is 12.0 Å². The highest BCUT2D eigenvalue weighted by Gasteiger charge is 2.34. The van der Waals surface area contributed by atoms with Crippen molar-refractivity contribution >= 4 is 34.4 Å². The van der Waals surface area contributed by atoms with Crippen molar-refractivity contribution in [3.8, 4) is 0 Å². The first-order valence-electron chi connectivity index (χ1n) is 10.1. The number of rotatable bonds is 4. The van der Waals surface area contributed by atoms with E-state index in [0.29, 0.717) is 28.1 Å². The van der Waals surface area contributed by atoms with Gasteiger partial charge < -0.3 is 20.3 Å². The summed E-state index contributed by atoms with van der Waals surface area (Å²) in [6, 6.07) is 19.4. The number of hydrogen-bond acceptors (Lipinski definition) is 4. The van der Waals surface area contributed by atoms with E-state index in [1.54, 1.807) is 44.3 Å². The SMILES string of the molecule is COC(=O)C1=C(C)N(C)C(=O)NC1c1cccc(NC(=O)c2ccc3ccccc3c2)c1. The number of ether oxygens (including phenoxy) is 1. The summed E-state index contributed by atoms with van der Waals surface area (Å²) >= 11 is 0. The molecule has 0 aliphatic carbocycles. The van der Waals surface area contributed by atoms with E-state index in [9.17, 15) is 14.4 Å². The van der Waals surface area contributed by atoms with Crippen LogP contribution in [0.5, 0.6) is 0 Å². The Bertz CT molecular complexity index is 1260. The van der Waals surface area contributed by atoms with Crippen LogP contribution in [0.15, 0.2) is 78.0 Å². The Morgan fingerprint density at radius 1 is 1.00 bits per heavy atom. The molecule has 0 spiro atoms. The Labute approximate surface area is 185 Å². The second-order valence-corrected chi connectivity index (χ2v) is 7.57. The Morgan fingerprint density at radius 3 is 2.50 bits per heavy atom. The van der Waals surface area contributed by atoms with Crippen LogP contribution in [0.1, 0.15) is 28.9 Å². The fourth-order valence-corrected chi connectivity index (χ4v) is 3.79. The van der Waals surface area contributed by atoms with Gasteiger partial charge in [-0.25, -0.2) is 9.59 Å². The van der Waals surface area contributed by atoms with Gasteiger partial charge in [-0.1, -0.05) is 42.5 Å². The molecule has 2 N–H and O–H groups in total. The molecule has 0 bridgehead atoms. The molecule has 1 unspecified atom stereocenters. The maximum Gasteiger partial charge on any atom is 0.337 e. The molecule has 3 aromatic rings. The molecular formula is C25H23N3O4. The second kappa shape index (κ2) is 8.55. The Morgan fingerprint density at radius 2 is 1.75 bits per heavy atom. The first-order chi connectivity index (χ1) is 15.4. The molecule has 0 saturated heterocycles. The number of amides is 3. The largest absolute Gasteiger partial charge is 0.466 e. The van der Waals surface area contributed by atoms with Crippen LogP contribution < -0.4 is 10.6 Å². The Kier molecular flexibility index (Phi) is 5.64. The molecule has 7 nitrogen and oxygen atoms in total. The van der Waals surface area contributed by atoms with Crippen molar-refractivity contribution < 1.29 is 19.1 Å². The molecule has 3 aromatic carbocycles. The highest BCUT2D eigenvalue weighted by atomic mass is 16.5. The quantitative estimate of drug-likeness (QED) is 0.608. The van der Waals surface area contributed by atoms with E-state index in [1.807, 2.05) is 36.4 Å². The molecule has 1 aliphatic rings. The van der Waals surface area contributed by atoms with Crippen LogP contribution in [0.4, 0.5) is 10.5 Å². The average molecular weight is 429 g/mol. The number of carbonyl (C=O) groups excluding carboxylic acids is 3. The summed E-state index contributed by atoms with van der Waals surface area (Å²) in [6.45, 7) is 1.70. The number of urea groups is 1. The number of benzene rings is 3. The van der Waals surface area contributed by atoms with Gasteiger partial charge in [0.25, 0.3) is 5.91 Å². The summed E-state index contributed by atoms with van der Waals surface area (Å²) in [5, 5.41) is 7.76. The maximum absolute atomic E-state index is 12.8. The smallest absolute Gasteiger partial charge is 0.337 e. The number of fused-ring (bicyclic) bond motifs is 1. The minimum absolute atomic E-state index is 0.250. The molecule has 162 valence electrons. The minimum atomic E-state index is -0.691. The molecule has 0 aromatic heterocycles. The summed E-state index contributed by atoms with van der Waals surface area (Å²) in [5.41, 5.74) is 2.59. The van der Waals surface area contributed by atoms with Gasteiger partial charge in [0.2, 0.25) is 0 Å². The minimum Gasteiger partial charge on any atom is -0.466 e. The molecular weight excluding hydrogens is 406 g/mol. The van der Waals surface area contributed by atoms with Crippen molar-refractivity contribution in [1.82, 2.24) is 10.2 Å². The lowest BCUT2D eigenvalue weighted by molar-refractivity contribution is -0.136. The molecule has 7 heteroatoms. The van der Waals surface area contributed by atoms with E-state index in [1.165, 1.54) is 12.0 Å². The fraction of sp³-hybridized carbons (Fsp3) is 0.160. The van der Waals surface area contributed by atoms with Crippen LogP contribution in [0, 0.1) is 0 Å². The van der Waals surface area contributed by atoms with Gasteiger partial charge in [-0.2, -0.15) is 0 Å². The van der Waals surface area contributed by atoms with Gasteiger partial charge in [0.05, 0.1) is 18.7 Å². The third-order valence-corrected chi connectivity index (χ3v) is 5.65. The lowest BCUT2D eigenvalue weighted by Crippen LogP contribution is -2.46. The van der Waals surface area contributed by atoms with Crippen LogP contribution in [0.25, 0.3) is 10.8 Å². The van der Waals surface area contributed by atoms with Crippen molar-refractivity contribution in [1.29, 1.82) is 0 Å². The number of nitrogens with zero attached hydrogens (tertiary/aromatic N) is 1. The molecule has 3 amide bonds. The van der Waals surface area contributed by atoms with Crippen LogP contribution in [-0.4, -0.2) is 37.0 Å². The highest BCUT2D eigenvalue weighted by Crippen LogP contribution is 2.31. The van der Waals surface area contributed by atoms with Crippen LogP contribution in [0.3, 0.4) is 0 Å². The fourth-order valence-electron chi connectivity index (χ4n) is 3.79. The number of esters is 1. The number of allylic oxidation sites excluding steroid dienone is 1. The zero-order valence-corrected chi connectivity index (χ0v) is 18.0. The predicted octanol–water partition coefficient (Wildman–Crippen LogP) is 4.24. The molecule has 0 saturated carbocycles. The molecule has 0 fully saturated rings. The Hall–Kier alpha value is -4.13. The molecule has 1 heterocycles. The zero-order valence-electron chi connectivity index (χ0n) is 18.0. The van der Waals surface area contributed by atoms with Crippen LogP contribution in [-0.2, 0) is 9.53 Å². The number of hydrogen-bond donors (Lipinski definition) is 2. The van der Waals surface area contributed by atoms with Crippen LogP contribution in [0.2, 0.25) is 0 Å². The Balaban J connectivity index is 1.63. The van der Waals surface area contributed by atoms with Gasteiger partial charge in [-0.15, -0.1) is 0 Å². The predicted molar refractivity (Wildman–Crippen MR) is 122 cm³/mol. The first kappa shape index (κ1) is 21.1. The van der Waals surface area contributed by atoms with E-state index < -0.39 is 12.0 Å². The van der Waals surface area contributed by atoms with E-state index in [4.69, 9.17) is 4.74 Å². The monoisotopic (exact) mass is 429 g/mol. The van der Waals surface area contributed by atoms with E-state index in [2.05, 4.69) is 10.6 Å². The first-order valence-corrected chi connectivity index (χ1v) is 10.1. The average Bonchev–Trinajstić information content (AvgIpc) is 2.81. The molecule has 32 heavy (non-hydrogen) atoms. The van der Waals surface area contributed by atoms with E-state index in [0.717, 1.165) is 10.8 Å². The van der Waals surface area contributed by atoms with Gasteiger partial charge in [-0.3, -0.25) is 4.79 Å². The van der Waals surface area contributed by atoms with Crippen molar-refractivity contribution in [2.45, 2.75) is 13.0 Å². The standard InChI is InChI=1S/C25H23N3O4/c1-15-21(24(30)32-3)22(27-25(31)28(15)2)18-9-6-10-20(14-18)26-23(29)19-12-11-16-7-4-5-8-17(16)13-19/h4-14,22H,1-3H3,(H,26,29)(H,27,31). The zero-order chi connectivity index (χ0) is 22.8. The highest BCUT2D eigenvalue weighted by molar-refractivity contribution is 6.06. The molecule has 4 rings (SSSR count). The third kappa shape index (κ3) is 3.92. The van der Waals surface area contributed by atoms with E-state index in [-0.39, 0.29) is 11.9 Å². The van der Waals surface area contributed by atoms with Gasteiger partial charge in [0.1, 0.15) is 0 Å².